The predicted molar refractivity (Wildman–Crippen MR) is 49.1 cm³/mol. The van der Waals surface area contributed by atoms with Gasteiger partial charge in [0, 0.05) is 12.7 Å². The Bertz CT molecular complexity index is 263. The fourth-order valence-corrected chi connectivity index (χ4v) is 1.97. The van der Waals surface area contributed by atoms with Crippen LogP contribution in [0, 0.1) is 0 Å². The second-order valence-corrected chi connectivity index (χ2v) is 3.66. The highest BCUT2D eigenvalue weighted by Gasteiger charge is 2.10. The molecule has 1 aliphatic carbocycles. The minimum absolute atomic E-state index is 1.19. The van der Waals surface area contributed by atoms with E-state index in [1.165, 1.54) is 49.9 Å². The number of aromatic nitrogens is 2. The average Bonchev–Trinajstić information content (AvgIpc) is 2.31. The van der Waals surface area contributed by atoms with Crippen LogP contribution in [0.4, 0.5) is 0 Å². The summed E-state index contributed by atoms with van der Waals surface area (Å²) in [5.41, 5.74) is 2.81. The van der Waals surface area contributed by atoms with Crippen molar-refractivity contribution in [1.29, 1.82) is 0 Å². The molecule has 2 rings (SSSR count). The van der Waals surface area contributed by atoms with Crippen LogP contribution in [0.3, 0.4) is 0 Å². The second kappa shape index (κ2) is 3.30. The molecule has 0 fully saturated rings. The van der Waals surface area contributed by atoms with E-state index in [9.17, 15) is 0 Å². The van der Waals surface area contributed by atoms with E-state index in [1.807, 2.05) is 6.33 Å². The Morgan fingerprint density at radius 3 is 2.75 bits per heavy atom. The molecule has 66 valence electrons. The first-order valence-electron chi connectivity index (χ1n) is 4.87. The Morgan fingerprint density at radius 2 is 1.92 bits per heavy atom. The van der Waals surface area contributed by atoms with Crippen molar-refractivity contribution < 1.29 is 0 Å². The monoisotopic (exact) mass is 164 g/mol. The Balaban J connectivity index is 2.26. The molecule has 1 aromatic rings. The van der Waals surface area contributed by atoms with Crippen LogP contribution in [-0.4, -0.2) is 9.55 Å². The summed E-state index contributed by atoms with van der Waals surface area (Å²) in [5, 5.41) is 0. The number of fused-ring (bicyclic) bond motifs is 1. The van der Waals surface area contributed by atoms with Gasteiger partial charge in [0.15, 0.2) is 0 Å². The van der Waals surface area contributed by atoms with E-state index >= 15 is 0 Å². The molecule has 12 heavy (non-hydrogen) atoms. The highest BCUT2D eigenvalue weighted by molar-refractivity contribution is 5.13. The van der Waals surface area contributed by atoms with Crippen molar-refractivity contribution in [3.05, 3.63) is 17.7 Å². The van der Waals surface area contributed by atoms with Gasteiger partial charge < -0.3 is 4.57 Å². The van der Waals surface area contributed by atoms with Crippen LogP contribution >= 0.6 is 0 Å². The summed E-state index contributed by atoms with van der Waals surface area (Å²) in [7, 11) is 2.10. The third-order valence-electron chi connectivity index (χ3n) is 2.72. The van der Waals surface area contributed by atoms with Gasteiger partial charge in [-0.1, -0.05) is 12.8 Å². The van der Waals surface area contributed by atoms with Crippen molar-refractivity contribution in [2.24, 2.45) is 7.05 Å². The van der Waals surface area contributed by atoms with E-state index in [1.54, 1.807) is 0 Å². The first-order valence-corrected chi connectivity index (χ1v) is 4.87. The maximum Gasteiger partial charge on any atom is 0.0949 e. The van der Waals surface area contributed by atoms with Crippen LogP contribution < -0.4 is 0 Å². The molecule has 0 radical (unpaired) electrons. The second-order valence-electron chi connectivity index (χ2n) is 3.66. The molecule has 2 heteroatoms. The molecule has 0 unspecified atom stereocenters. The summed E-state index contributed by atoms with van der Waals surface area (Å²) in [6.07, 6.45) is 9.81. The Hall–Kier alpha value is -0.790. The maximum absolute atomic E-state index is 4.42. The highest BCUT2D eigenvalue weighted by Crippen LogP contribution is 2.17. The van der Waals surface area contributed by atoms with Gasteiger partial charge in [-0.15, -0.1) is 0 Å². The molecular formula is C10H16N2. The lowest BCUT2D eigenvalue weighted by Crippen LogP contribution is -2.02. The average molecular weight is 164 g/mol. The molecule has 1 aliphatic rings. The van der Waals surface area contributed by atoms with E-state index in [0.29, 0.717) is 0 Å². The van der Waals surface area contributed by atoms with Crippen molar-refractivity contribution in [2.45, 2.75) is 38.5 Å². The van der Waals surface area contributed by atoms with Gasteiger partial charge in [0.1, 0.15) is 0 Å². The molecule has 0 amide bonds. The van der Waals surface area contributed by atoms with Crippen molar-refractivity contribution in [3.63, 3.8) is 0 Å². The van der Waals surface area contributed by atoms with Gasteiger partial charge in [0.2, 0.25) is 0 Å². The van der Waals surface area contributed by atoms with Gasteiger partial charge in [-0.2, -0.15) is 0 Å². The SMILES string of the molecule is Cn1cnc2c1CCCCCC2. The minimum Gasteiger partial charge on any atom is -0.337 e. The Kier molecular flexibility index (Phi) is 2.15. The number of nitrogens with zero attached hydrogens (tertiary/aromatic N) is 2. The first-order chi connectivity index (χ1) is 5.88. The summed E-state index contributed by atoms with van der Waals surface area (Å²) >= 11 is 0. The molecule has 1 heterocycles. The lowest BCUT2D eigenvalue weighted by Gasteiger charge is -2.09. The van der Waals surface area contributed by atoms with Crippen LogP contribution in [0.15, 0.2) is 6.33 Å². The zero-order valence-electron chi connectivity index (χ0n) is 7.71. The van der Waals surface area contributed by atoms with Crippen molar-refractivity contribution in [3.8, 4) is 0 Å². The lowest BCUT2D eigenvalue weighted by molar-refractivity contribution is 0.597. The molecule has 0 N–H and O–H groups in total. The van der Waals surface area contributed by atoms with Gasteiger partial charge in [-0.25, -0.2) is 4.98 Å². The number of imidazole rings is 1. The molecule has 2 nitrogen and oxygen atoms in total. The normalized spacial score (nSPS) is 18.1. The molecule has 1 aromatic heterocycles. The fraction of sp³-hybridized carbons (Fsp3) is 0.700. The van der Waals surface area contributed by atoms with Crippen LogP contribution in [-0.2, 0) is 19.9 Å². The third-order valence-corrected chi connectivity index (χ3v) is 2.72. The molecule has 0 saturated heterocycles. The number of hydrogen-bond acceptors (Lipinski definition) is 1. The van der Waals surface area contributed by atoms with Crippen LogP contribution in [0.2, 0.25) is 0 Å². The smallest absolute Gasteiger partial charge is 0.0949 e. The third kappa shape index (κ3) is 1.38. The number of aryl methyl sites for hydroxylation is 2. The van der Waals surface area contributed by atoms with Gasteiger partial charge >= 0.3 is 0 Å². The topological polar surface area (TPSA) is 17.8 Å². The van der Waals surface area contributed by atoms with Gasteiger partial charge in [-0.05, 0) is 25.7 Å². The van der Waals surface area contributed by atoms with Crippen LogP contribution in [0.25, 0.3) is 0 Å². The minimum atomic E-state index is 1.19. The number of hydrogen-bond donors (Lipinski definition) is 0. The van der Waals surface area contributed by atoms with E-state index < -0.39 is 0 Å². The summed E-state index contributed by atoms with van der Waals surface area (Å²) in [5.74, 6) is 0. The molecule has 0 aliphatic heterocycles. The number of rotatable bonds is 0. The molecule has 0 aromatic carbocycles. The van der Waals surface area contributed by atoms with E-state index in [0.717, 1.165) is 0 Å². The molecule has 0 atom stereocenters. The summed E-state index contributed by atoms with van der Waals surface area (Å²) in [4.78, 5) is 4.42. The van der Waals surface area contributed by atoms with E-state index in [-0.39, 0.29) is 0 Å². The van der Waals surface area contributed by atoms with Crippen molar-refractivity contribution >= 4 is 0 Å². The van der Waals surface area contributed by atoms with Gasteiger partial charge in [0.05, 0.1) is 12.0 Å². The Labute approximate surface area is 73.6 Å². The molecule has 0 bridgehead atoms. The molecule has 0 spiro atoms. The summed E-state index contributed by atoms with van der Waals surface area (Å²) in [6.45, 7) is 0. The summed E-state index contributed by atoms with van der Waals surface area (Å²) < 4.78 is 2.18. The summed E-state index contributed by atoms with van der Waals surface area (Å²) in [6, 6.07) is 0. The first kappa shape index (κ1) is 7.84. The zero-order chi connectivity index (χ0) is 8.39. The predicted octanol–water partition coefficient (Wildman–Crippen LogP) is 2.08. The quantitative estimate of drug-likeness (QED) is 0.574. The van der Waals surface area contributed by atoms with Gasteiger partial charge in [-0.3, -0.25) is 0 Å². The molecule has 0 saturated carbocycles. The lowest BCUT2D eigenvalue weighted by atomic mass is 10.0. The standard InChI is InChI=1S/C10H16N2/c1-12-8-11-9-6-4-2-3-5-7-10(9)12/h8H,2-7H2,1H3. The van der Waals surface area contributed by atoms with Crippen molar-refractivity contribution in [2.75, 3.05) is 0 Å². The maximum atomic E-state index is 4.42. The van der Waals surface area contributed by atoms with Crippen LogP contribution in [0.5, 0.6) is 0 Å². The van der Waals surface area contributed by atoms with Gasteiger partial charge in [0.25, 0.3) is 0 Å². The largest absolute Gasteiger partial charge is 0.337 e. The van der Waals surface area contributed by atoms with Crippen molar-refractivity contribution in [1.82, 2.24) is 9.55 Å². The van der Waals surface area contributed by atoms with Crippen LogP contribution in [0.1, 0.15) is 37.1 Å². The Morgan fingerprint density at radius 1 is 1.17 bits per heavy atom. The van der Waals surface area contributed by atoms with E-state index in [4.69, 9.17) is 0 Å². The fourth-order valence-electron chi connectivity index (χ4n) is 1.97. The zero-order valence-corrected chi connectivity index (χ0v) is 7.71. The highest BCUT2D eigenvalue weighted by atomic mass is 15.0. The van der Waals surface area contributed by atoms with E-state index in [2.05, 4.69) is 16.6 Å². The molecular weight excluding hydrogens is 148 g/mol.